The van der Waals surface area contributed by atoms with Gasteiger partial charge in [0.1, 0.15) is 0 Å². The molecule has 0 saturated carbocycles. The second-order valence-electron chi connectivity index (χ2n) is 3.95. The van der Waals surface area contributed by atoms with E-state index in [9.17, 15) is 0 Å². The van der Waals surface area contributed by atoms with E-state index in [1.165, 1.54) is 12.8 Å². The minimum Gasteiger partial charge on any atom is -0.385 e. The highest BCUT2D eigenvalue weighted by atomic mass is 16.5. The van der Waals surface area contributed by atoms with Crippen LogP contribution in [0.3, 0.4) is 0 Å². The fraction of sp³-hybridized carbons (Fsp3) is 1.00. The van der Waals surface area contributed by atoms with Crippen molar-refractivity contribution in [2.75, 3.05) is 20.3 Å². The minimum atomic E-state index is 0.645. The number of hydrogen-bond acceptors (Lipinski definition) is 2. The van der Waals surface area contributed by atoms with Crippen LogP contribution in [0.25, 0.3) is 0 Å². The first-order valence-corrected chi connectivity index (χ1v) is 5.43. The number of ether oxygens (including phenoxy) is 1. The van der Waals surface area contributed by atoms with E-state index in [-0.39, 0.29) is 0 Å². The van der Waals surface area contributed by atoms with Gasteiger partial charge in [0.25, 0.3) is 0 Å². The Morgan fingerprint density at radius 2 is 2.00 bits per heavy atom. The Morgan fingerprint density at radius 1 is 1.31 bits per heavy atom. The zero-order chi connectivity index (χ0) is 10.1. The van der Waals surface area contributed by atoms with Gasteiger partial charge in [0.05, 0.1) is 0 Å². The standard InChI is InChI=1S/C11H25NO/c1-5-10(2)9-11(3)12-7-6-8-13-4/h10-12H,5-9H2,1-4H3. The summed E-state index contributed by atoms with van der Waals surface area (Å²) < 4.78 is 4.99. The van der Waals surface area contributed by atoms with Crippen molar-refractivity contribution in [2.24, 2.45) is 5.92 Å². The van der Waals surface area contributed by atoms with Crippen molar-refractivity contribution < 1.29 is 4.74 Å². The van der Waals surface area contributed by atoms with E-state index < -0.39 is 0 Å². The van der Waals surface area contributed by atoms with Gasteiger partial charge >= 0.3 is 0 Å². The first-order chi connectivity index (χ1) is 6.20. The van der Waals surface area contributed by atoms with Gasteiger partial charge in [0, 0.05) is 19.8 Å². The van der Waals surface area contributed by atoms with Crippen molar-refractivity contribution >= 4 is 0 Å². The molecule has 13 heavy (non-hydrogen) atoms. The fourth-order valence-corrected chi connectivity index (χ4v) is 1.42. The summed E-state index contributed by atoms with van der Waals surface area (Å²) in [7, 11) is 1.75. The van der Waals surface area contributed by atoms with Crippen molar-refractivity contribution in [3.63, 3.8) is 0 Å². The molecule has 0 aliphatic heterocycles. The number of methoxy groups -OCH3 is 1. The maximum Gasteiger partial charge on any atom is 0.0474 e. The molecule has 2 heteroatoms. The van der Waals surface area contributed by atoms with E-state index >= 15 is 0 Å². The molecule has 80 valence electrons. The first kappa shape index (κ1) is 12.9. The molecule has 0 bridgehead atoms. The molecule has 0 spiro atoms. The normalized spacial score (nSPS) is 15.7. The third-order valence-electron chi connectivity index (χ3n) is 2.47. The molecule has 0 amide bonds. The summed E-state index contributed by atoms with van der Waals surface area (Å²) in [5, 5.41) is 3.50. The van der Waals surface area contributed by atoms with Crippen LogP contribution in [-0.2, 0) is 4.74 Å². The lowest BCUT2D eigenvalue weighted by Crippen LogP contribution is -2.29. The number of hydrogen-bond donors (Lipinski definition) is 1. The topological polar surface area (TPSA) is 21.3 Å². The van der Waals surface area contributed by atoms with Crippen molar-refractivity contribution in [3.05, 3.63) is 0 Å². The van der Waals surface area contributed by atoms with E-state index in [1.54, 1.807) is 7.11 Å². The summed E-state index contributed by atoms with van der Waals surface area (Å²) in [6.45, 7) is 8.77. The Hall–Kier alpha value is -0.0800. The molecule has 0 aliphatic rings. The fourth-order valence-electron chi connectivity index (χ4n) is 1.42. The van der Waals surface area contributed by atoms with E-state index in [2.05, 4.69) is 26.1 Å². The van der Waals surface area contributed by atoms with Gasteiger partial charge in [-0.1, -0.05) is 20.3 Å². The Labute approximate surface area is 83.1 Å². The van der Waals surface area contributed by atoms with E-state index in [0.717, 1.165) is 25.5 Å². The molecule has 0 aromatic rings. The molecule has 0 aromatic heterocycles. The van der Waals surface area contributed by atoms with Crippen molar-refractivity contribution in [2.45, 2.75) is 46.1 Å². The third kappa shape index (κ3) is 8.26. The number of nitrogens with one attached hydrogen (secondary N) is 1. The molecule has 2 atom stereocenters. The van der Waals surface area contributed by atoms with Crippen LogP contribution in [0.1, 0.15) is 40.0 Å². The van der Waals surface area contributed by atoms with Crippen molar-refractivity contribution in [1.29, 1.82) is 0 Å². The second-order valence-corrected chi connectivity index (χ2v) is 3.95. The monoisotopic (exact) mass is 187 g/mol. The third-order valence-corrected chi connectivity index (χ3v) is 2.47. The molecular formula is C11H25NO. The molecule has 2 nitrogen and oxygen atoms in total. The largest absolute Gasteiger partial charge is 0.385 e. The maximum absolute atomic E-state index is 4.99. The Kier molecular flexibility index (Phi) is 8.46. The Balaban J connectivity index is 3.24. The molecule has 0 radical (unpaired) electrons. The summed E-state index contributed by atoms with van der Waals surface area (Å²) in [5.41, 5.74) is 0. The van der Waals surface area contributed by atoms with E-state index in [1.807, 2.05) is 0 Å². The summed E-state index contributed by atoms with van der Waals surface area (Å²) in [5.74, 6) is 0.838. The van der Waals surface area contributed by atoms with Gasteiger partial charge in [0.15, 0.2) is 0 Å². The van der Waals surface area contributed by atoms with Crippen LogP contribution >= 0.6 is 0 Å². The molecule has 0 heterocycles. The van der Waals surface area contributed by atoms with Crippen LogP contribution in [0.5, 0.6) is 0 Å². The van der Waals surface area contributed by atoms with Crippen molar-refractivity contribution in [3.8, 4) is 0 Å². The van der Waals surface area contributed by atoms with Crippen molar-refractivity contribution in [1.82, 2.24) is 5.32 Å². The predicted molar refractivity (Wildman–Crippen MR) is 58.0 cm³/mol. The number of rotatable bonds is 8. The highest BCUT2D eigenvalue weighted by Crippen LogP contribution is 2.08. The zero-order valence-corrected chi connectivity index (χ0v) is 9.60. The summed E-state index contributed by atoms with van der Waals surface area (Å²) in [4.78, 5) is 0. The quantitative estimate of drug-likeness (QED) is 0.589. The summed E-state index contributed by atoms with van der Waals surface area (Å²) >= 11 is 0. The Morgan fingerprint density at radius 3 is 2.54 bits per heavy atom. The smallest absolute Gasteiger partial charge is 0.0474 e. The summed E-state index contributed by atoms with van der Waals surface area (Å²) in [6.07, 6.45) is 3.68. The van der Waals surface area contributed by atoms with Gasteiger partial charge in [-0.15, -0.1) is 0 Å². The van der Waals surface area contributed by atoms with Gasteiger partial charge in [0.2, 0.25) is 0 Å². The van der Waals surface area contributed by atoms with Gasteiger partial charge in [-0.2, -0.15) is 0 Å². The molecule has 2 unspecified atom stereocenters. The van der Waals surface area contributed by atoms with Crippen LogP contribution in [-0.4, -0.2) is 26.3 Å². The summed E-state index contributed by atoms with van der Waals surface area (Å²) in [6, 6.07) is 0.645. The van der Waals surface area contributed by atoms with Gasteiger partial charge in [-0.25, -0.2) is 0 Å². The lowest BCUT2D eigenvalue weighted by Gasteiger charge is -2.17. The lowest BCUT2D eigenvalue weighted by atomic mass is 10.0. The molecule has 1 N–H and O–H groups in total. The molecule has 0 aromatic carbocycles. The SMILES string of the molecule is CCC(C)CC(C)NCCCOC. The highest BCUT2D eigenvalue weighted by molar-refractivity contribution is 4.64. The van der Waals surface area contributed by atoms with Gasteiger partial charge in [-0.3, -0.25) is 0 Å². The average molecular weight is 187 g/mol. The van der Waals surface area contributed by atoms with E-state index in [0.29, 0.717) is 6.04 Å². The minimum absolute atomic E-state index is 0.645. The first-order valence-electron chi connectivity index (χ1n) is 5.43. The molecule has 0 aliphatic carbocycles. The average Bonchev–Trinajstić information content (AvgIpc) is 2.12. The van der Waals surface area contributed by atoms with Crippen LogP contribution in [0, 0.1) is 5.92 Å². The molecular weight excluding hydrogens is 162 g/mol. The van der Waals surface area contributed by atoms with Gasteiger partial charge in [-0.05, 0) is 32.2 Å². The lowest BCUT2D eigenvalue weighted by molar-refractivity contribution is 0.193. The molecule has 0 fully saturated rings. The van der Waals surface area contributed by atoms with E-state index in [4.69, 9.17) is 4.74 Å². The van der Waals surface area contributed by atoms with Crippen LogP contribution in [0.2, 0.25) is 0 Å². The second kappa shape index (κ2) is 8.52. The predicted octanol–water partition coefficient (Wildman–Crippen LogP) is 2.44. The molecule has 0 rings (SSSR count). The zero-order valence-electron chi connectivity index (χ0n) is 9.60. The van der Waals surface area contributed by atoms with Crippen LogP contribution < -0.4 is 5.32 Å². The van der Waals surface area contributed by atoms with Crippen LogP contribution in [0.15, 0.2) is 0 Å². The molecule has 0 saturated heterocycles. The Bertz CT molecular complexity index is 106. The highest BCUT2D eigenvalue weighted by Gasteiger charge is 2.05. The van der Waals surface area contributed by atoms with Crippen LogP contribution in [0.4, 0.5) is 0 Å². The van der Waals surface area contributed by atoms with Gasteiger partial charge < -0.3 is 10.1 Å². The maximum atomic E-state index is 4.99.